The van der Waals surface area contributed by atoms with Gasteiger partial charge in [-0.3, -0.25) is 0 Å². The Morgan fingerprint density at radius 1 is 1.53 bits per heavy atom. The molecule has 96 valence electrons. The summed E-state index contributed by atoms with van der Waals surface area (Å²) in [5.41, 5.74) is 6.07. The van der Waals surface area contributed by atoms with Crippen molar-refractivity contribution >= 4 is 22.4 Å². The van der Waals surface area contributed by atoms with E-state index in [0.29, 0.717) is 38.4 Å². The third-order valence-corrected chi connectivity index (χ3v) is 4.32. The Morgan fingerprint density at radius 2 is 2.18 bits per heavy atom. The first-order valence-electron chi connectivity index (χ1n) is 5.75. The highest BCUT2D eigenvalue weighted by Crippen LogP contribution is 2.31. The molecule has 0 amide bonds. The molecular formula is C11H19N3O2S. The van der Waals surface area contributed by atoms with E-state index in [9.17, 15) is 5.11 Å². The molecule has 1 aromatic heterocycles. The quantitative estimate of drug-likeness (QED) is 0.845. The second-order valence-electron chi connectivity index (χ2n) is 4.69. The second-order valence-corrected chi connectivity index (χ2v) is 5.44. The smallest absolute Gasteiger partial charge is 0.142 e. The number of likely N-dealkylation sites (N-methyl/N-ethyl adjacent to an activating group) is 1. The Balaban J connectivity index is 2.05. The Morgan fingerprint density at radius 3 is 2.71 bits per heavy atom. The van der Waals surface area contributed by atoms with Crippen molar-refractivity contribution < 1.29 is 9.84 Å². The molecule has 1 aromatic rings. The maximum Gasteiger partial charge on any atom is 0.142 e. The largest absolute Gasteiger partial charge is 0.388 e. The first-order chi connectivity index (χ1) is 8.02. The lowest BCUT2D eigenvalue weighted by Gasteiger charge is -2.35. The molecule has 0 atom stereocenters. The summed E-state index contributed by atoms with van der Waals surface area (Å²) < 4.78 is 9.40. The minimum atomic E-state index is -0.655. The fraction of sp³-hybridized carbons (Fsp3) is 0.727. The maximum absolute atomic E-state index is 10.4. The van der Waals surface area contributed by atoms with Gasteiger partial charge in [-0.25, -0.2) is 0 Å². The molecular weight excluding hydrogens is 238 g/mol. The Labute approximate surface area is 105 Å². The number of anilines is 2. The van der Waals surface area contributed by atoms with Crippen LogP contribution in [0.4, 0.5) is 10.8 Å². The highest BCUT2D eigenvalue weighted by atomic mass is 32.1. The minimum Gasteiger partial charge on any atom is -0.388 e. The number of hydrogen-bond donors (Lipinski definition) is 2. The van der Waals surface area contributed by atoms with Crippen molar-refractivity contribution in [1.29, 1.82) is 0 Å². The molecule has 0 bridgehead atoms. The average molecular weight is 257 g/mol. The van der Waals surface area contributed by atoms with Crippen LogP contribution in [0.2, 0.25) is 0 Å². The van der Waals surface area contributed by atoms with Gasteiger partial charge in [-0.1, -0.05) is 0 Å². The van der Waals surface area contributed by atoms with Gasteiger partial charge in [-0.15, -0.1) is 0 Å². The van der Waals surface area contributed by atoms with Crippen LogP contribution in [0.25, 0.3) is 0 Å². The Bertz CT molecular complexity index is 388. The Kier molecular flexibility index (Phi) is 3.56. The molecule has 0 unspecified atom stereocenters. The van der Waals surface area contributed by atoms with Crippen molar-refractivity contribution in [2.75, 3.05) is 37.4 Å². The number of hydrogen-bond acceptors (Lipinski definition) is 6. The van der Waals surface area contributed by atoms with Crippen LogP contribution in [0.3, 0.4) is 0 Å². The normalized spacial score (nSPS) is 19.2. The van der Waals surface area contributed by atoms with Crippen molar-refractivity contribution in [2.24, 2.45) is 0 Å². The number of ether oxygens (including phenoxy) is 1. The number of nitrogens with two attached hydrogens (primary N) is 1. The summed E-state index contributed by atoms with van der Waals surface area (Å²) in [5, 5.41) is 11.5. The van der Waals surface area contributed by atoms with Crippen LogP contribution < -0.4 is 10.6 Å². The maximum atomic E-state index is 10.4. The van der Waals surface area contributed by atoms with Gasteiger partial charge in [0.1, 0.15) is 10.8 Å². The molecule has 5 nitrogen and oxygen atoms in total. The fourth-order valence-corrected chi connectivity index (χ4v) is 2.88. The summed E-state index contributed by atoms with van der Waals surface area (Å²) in [7, 11) is 1.97. The monoisotopic (exact) mass is 257 g/mol. The number of aromatic nitrogens is 1. The summed E-state index contributed by atoms with van der Waals surface area (Å²) in [6.45, 7) is 3.82. The molecule has 1 aliphatic rings. The number of rotatable bonds is 3. The van der Waals surface area contributed by atoms with E-state index in [1.165, 1.54) is 11.5 Å². The van der Waals surface area contributed by atoms with Gasteiger partial charge in [0.15, 0.2) is 0 Å². The summed E-state index contributed by atoms with van der Waals surface area (Å²) in [4.78, 5) is 2.04. The fourth-order valence-electron chi connectivity index (χ4n) is 2.12. The first-order valence-corrected chi connectivity index (χ1v) is 6.52. The van der Waals surface area contributed by atoms with Gasteiger partial charge >= 0.3 is 0 Å². The van der Waals surface area contributed by atoms with Crippen molar-refractivity contribution in [1.82, 2.24) is 4.37 Å². The van der Waals surface area contributed by atoms with Gasteiger partial charge in [-0.05, 0) is 18.5 Å². The van der Waals surface area contributed by atoms with Crippen LogP contribution in [-0.2, 0) is 4.74 Å². The zero-order chi connectivity index (χ0) is 12.5. The molecule has 3 N–H and O–H groups in total. The van der Waals surface area contributed by atoms with Gasteiger partial charge in [0.05, 0.1) is 5.60 Å². The van der Waals surface area contributed by atoms with Crippen molar-refractivity contribution in [3.8, 4) is 0 Å². The molecule has 0 radical (unpaired) electrons. The van der Waals surface area contributed by atoms with Gasteiger partial charge in [0.2, 0.25) is 0 Å². The topological polar surface area (TPSA) is 71.6 Å². The minimum absolute atomic E-state index is 0.579. The molecule has 0 aromatic carbocycles. The van der Waals surface area contributed by atoms with Crippen LogP contribution in [0.1, 0.15) is 18.4 Å². The number of nitrogens with zero attached hydrogens (tertiary/aromatic N) is 2. The predicted octanol–water partition coefficient (Wildman–Crippen LogP) is 1.01. The predicted molar refractivity (Wildman–Crippen MR) is 69.5 cm³/mol. The van der Waals surface area contributed by atoms with E-state index in [4.69, 9.17) is 10.5 Å². The number of nitrogen functional groups attached to an aromatic ring is 1. The third kappa shape index (κ3) is 2.70. The molecule has 0 spiro atoms. The highest BCUT2D eigenvalue weighted by Gasteiger charge is 2.31. The molecule has 17 heavy (non-hydrogen) atoms. The average Bonchev–Trinajstić information content (AvgIpc) is 2.60. The van der Waals surface area contributed by atoms with Crippen LogP contribution in [0.5, 0.6) is 0 Å². The second kappa shape index (κ2) is 4.80. The third-order valence-electron chi connectivity index (χ3n) is 3.24. The van der Waals surface area contributed by atoms with E-state index in [-0.39, 0.29) is 0 Å². The van der Waals surface area contributed by atoms with Gasteiger partial charge in [0, 0.05) is 45.2 Å². The molecule has 1 fully saturated rings. The van der Waals surface area contributed by atoms with Gasteiger partial charge in [0.25, 0.3) is 0 Å². The van der Waals surface area contributed by atoms with Crippen LogP contribution >= 0.6 is 11.5 Å². The van der Waals surface area contributed by atoms with E-state index < -0.39 is 5.60 Å². The summed E-state index contributed by atoms with van der Waals surface area (Å²) in [6, 6.07) is 0. The first kappa shape index (κ1) is 12.6. The summed E-state index contributed by atoms with van der Waals surface area (Å²) in [6.07, 6.45) is 1.37. The van der Waals surface area contributed by atoms with Gasteiger partial charge in [-0.2, -0.15) is 4.37 Å². The lowest BCUT2D eigenvalue weighted by atomic mass is 9.94. The van der Waals surface area contributed by atoms with E-state index >= 15 is 0 Å². The zero-order valence-corrected chi connectivity index (χ0v) is 11.1. The molecule has 0 aliphatic carbocycles. The number of aliphatic hydroxyl groups is 1. The molecule has 1 aliphatic heterocycles. The van der Waals surface area contributed by atoms with E-state index in [0.717, 1.165) is 10.6 Å². The Hall–Kier alpha value is -0.850. The van der Waals surface area contributed by atoms with Gasteiger partial charge < -0.3 is 20.5 Å². The molecule has 2 heterocycles. The van der Waals surface area contributed by atoms with Crippen LogP contribution in [-0.4, -0.2) is 41.9 Å². The molecule has 6 heteroatoms. The standard InChI is InChI=1S/C11H19N3O2S/c1-8-9(12)13-17-10(8)14(2)7-11(15)3-5-16-6-4-11/h15H,3-7H2,1-2H3,(H2,12,13). The van der Waals surface area contributed by atoms with Crippen LogP contribution in [0.15, 0.2) is 0 Å². The van der Waals surface area contributed by atoms with E-state index in [2.05, 4.69) is 4.37 Å². The molecule has 1 saturated heterocycles. The van der Waals surface area contributed by atoms with E-state index in [1.807, 2.05) is 18.9 Å². The van der Waals surface area contributed by atoms with E-state index in [1.54, 1.807) is 0 Å². The lowest BCUT2D eigenvalue weighted by Crippen LogP contribution is -2.45. The van der Waals surface area contributed by atoms with Crippen LogP contribution in [0, 0.1) is 6.92 Å². The zero-order valence-electron chi connectivity index (χ0n) is 10.3. The molecule has 2 rings (SSSR count). The summed E-state index contributed by atoms with van der Waals surface area (Å²) in [5.74, 6) is 0.579. The van der Waals surface area contributed by atoms with Crippen molar-refractivity contribution in [3.63, 3.8) is 0 Å². The summed E-state index contributed by atoms with van der Waals surface area (Å²) >= 11 is 1.38. The molecule has 0 saturated carbocycles. The highest BCUT2D eigenvalue weighted by molar-refractivity contribution is 7.10. The van der Waals surface area contributed by atoms with Crippen molar-refractivity contribution in [3.05, 3.63) is 5.56 Å². The lowest BCUT2D eigenvalue weighted by molar-refractivity contribution is -0.0572. The SMILES string of the molecule is Cc1c(N)nsc1N(C)CC1(O)CCOCC1. The van der Waals surface area contributed by atoms with Crippen molar-refractivity contribution in [2.45, 2.75) is 25.4 Å².